The first-order valence-corrected chi connectivity index (χ1v) is 26.4. The molecule has 402 valence electrons. The van der Waals surface area contributed by atoms with E-state index in [-0.39, 0.29) is 162 Å². The van der Waals surface area contributed by atoms with Gasteiger partial charge in [-0.15, -0.1) is 5.92 Å². The van der Waals surface area contributed by atoms with Crippen LogP contribution in [0.4, 0.5) is 0 Å². The molecular weight excluding hydrogens is 1040 g/mol. The van der Waals surface area contributed by atoms with Gasteiger partial charge in [-0.3, -0.25) is 25.5 Å². The summed E-state index contributed by atoms with van der Waals surface area (Å²) >= 11 is 0. The largest absolute Gasteiger partial charge is 0.542 e. The van der Waals surface area contributed by atoms with Gasteiger partial charge in [0.1, 0.15) is 29.4 Å². The molecule has 0 aromatic rings. The van der Waals surface area contributed by atoms with E-state index in [9.17, 15) is 29.1 Å². The van der Waals surface area contributed by atoms with Crippen molar-refractivity contribution >= 4 is 29.8 Å². The van der Waals surface area contributed by atoms with E-state index in [4.69, 9.17) is 24.1 Å². The monoisotopic (exact) mass is 1140 g/mol. The Kier molecular flexibility index (Phi) is 26.9. The van der Waals surface area contributed by atoms with Crippen LogP contribution in [0.3, 0.4) is 0 Å². The summed E-state index contributed by atoms with van der Waals surface area (Å²) in [6.45, 7) is 34.7. The summed E-state index contributed by atoms with van der Waals surface area (Å²) in [4.78, 5) is 56.5. The van der Waals surface area contributed by atoms with Gasteiger partial charge in [0.05, 0.1) is 12.0 Å². The van der Waals surface area contributed by atoms with E-state index in [1.807, 2.05) is 68.6 Å². The molecule has 0 aromatic carbocycles. The molecule has 17 atom stereocenters. The Morgan fingerprint density at radius 3 is 1.80 bits per heavy atom. The van der Waals surface area contributed by atoms with E-state index in [1.54, 1.807) is 20.8 Å². The molecule has 0 aromatic heterocycles. The first-order valence-electron chi connectivity index (χ1n) is 26.4. The van der Waals surface area contributed by atoms with Gasteiger partial charge in [-0.1, -0.05) is 123 Å². The number of Topliss-reactive ketones (excluding diaryl/α,β-unsaturated/α-hetero) is 2. The van der Waals surface area contributed by atoms with Gasteiger partial charge in [-0.05, 0) is 104 Å². The Hall–Kier alpha value is -0.00221. The molecular formula is C57H99O11Y2-3. The van der Waals surface area contributed by atoms with Crippen molar-refractivity contribution in [3.63, 3.8) is 0 Å². The second kappa shape index (κ2) is 26.9. The number of aliphatic hydroxyl groups is 1. The first kappa shape index (κ1) is 70.0. The summed E-state index contributed by atoms with van der Waals surface area (Å²) in [7, 11) is 0. The topological polar surface area (TPSA) is 166 Å². The molecule has 3 saturated heterocycles. The number of esters is 1. The number of hydrogen-bond acceptors (Lipinski definition) is 10. The minimum absolute atomic E-state index is 0. The molecule has 0 amide bonds. The minimum Gasteiger partial charge on any atom is -0.542 e. The normalized spacial score (nSPS) is 40.0. The van der Waals surface area contributed by atoms with Gasteiger partial charge in [-0.25, -0.2) is 0 Å². The quantitative estimate of drug-likeness (QED) is 0.108. The molecule has 5 aliphatic carbocycles. The molecule has 3 spiro atoms. The Balaban J connectivity index is 0.00000127. The third-order valence-electron chi connectivity index (χ3n) is 18.9. The number of hydrogen-bond donors (Lipinski definition) is 2. The summed E-state index contributed by atoms with van der Waals surface area (Å²) in [6.07, 6.45) is 14.2. The number of ketones is 2. The maximum atomic E-state index is 12.7. The van der Waals surface area contributed by atoms with E-state index >= 15 is 0 Å². The van der Waals surface area contributed by atoms with Crippen LogP contribution >= 0.6 is 0 Å². The number of carboxylic acid groups (broad SMARTS) is 1. The van der Waals surface area contributed by atoms with Crippen molar-refractivity contribution in [1.29, 1.82) is 0 Å². The van der Waals surface area contributed by atoms with E-state index in [0.29, 0.717) is 54.8 Å². The van der Waals surface area contributed by atoms with E-state index in [1.165, 1.54) is 38.5 Å². The summed E-state index contributed by atoms with van der Waals surface area (Å²) in [5.41, 5.74) is 0.311. The number of fused-ring (bicyclic) bond motifs is 6. The summed E-state index contributed by atoms with van der Waals surface area (Å²) in [5.74, 6) is -0.0819. The van der Waals surface area contributed by atoms with Crippen LogP contribution in [0.2, 0.25) is 0 Å². The van der Waals surface area contributed by atoms with Crippen LogP contribution in [0.5, 0.6) is 0 Å². The number of aliphatic carboxylic acids is 1. The second-order valence-electron chi connectivity index (χ2n) is 23.0. The van der Waals surface area contributed by atoms with Gasteiger partial charge in [-0.2, -0.15) is 0 Å². The maximum Gasteiger partial charge on any atom is 0.305 e. The van der Waals surface area contributed by atoms with Gasteiger partial charge < -0.3 is 48.8 Å². The van der Waals surface area contributed by atoms with Crippen LogP contribution in [0.1, 0.15) is 208 Å². The number of ether oxygens (including phenoxy) is 4. The molecule has 2 radical (unpaired) electrons. The molecule has 0 bridgehead atoms. The van der Waals surface area contributed by atoms with Gasteiger partial charge in [0.2, 0.25) is 5.79 Å². The minimum atomic E-state index is -0.945. The van der Waals surface area contributed by atoms with E-state index < -0.39 is 23.6 Å². The molecule has 11 nitrogen and oxygen atoms in total. The van der Waals surface area contributed by atoms with Crippen molar-refractivity contribution in [3.05, 3.63) is 14.9 Å². The molecule has 70 heavy (non-hydrogen) atoms. The zero-order valence-corrected chi connectivity index (χ0v) is 53.2. The van der Waals surface area contributed by atoms with Crippen molar-refractivity contribution in [2.45, 2.75) is 244 Å². The fourth-order valence-corrected chi connectivity index (χ4v) is 15.7. The van der Waals surface area contributed by atoms with E-state index in [0.717, 1.165) is 25.2 Å². The first-order chi connectivity index (χ1) is 30.8. The molecule has 5 saturated carbocycles. The zero-order valence-electron chi connectivity index (χ0n) is 47.6. The van der Waals surface area contributed by atoms with Gasteiger partial charge in [0.25, 0.3) is 0 Å². The Labute approximate surface area is 477 Å². The van der Waals surface area contributed by atoms with Crippen LogP contribution < -0.4 is 0 Å². The number of aliphatic hydroxyl groups excluding tert-OH is 1. The molecule has 2 N–H and O–H groups in total. The number of carboxylic acids is 1. The maximum absolute atomic E-state index is 12.7. The van der Waals surface area contributed by atoms with Gasteiger partial charge >= 0.3 is 11.9 Å². The number of carbonyl (C=O) groups is 4. The second-order valence-corrected chi connectivity index (χ2v) is 23.0. The number of carbonyl (C=O) groups excluding carboxylic acids is 4. The fraction of sp³-hybridized carbons (Fsp3) is 0.877. The van der Waals surface area contributed by atoms with Crippen LogP contribution in [-0.2, 0) is 108 Å². The summed E-state index contributed by atoms with van der Waals surface area (Å²) in [5, 5.41) is 18.6. The van der Waals surface area contributed by atoms with Gasteiger partial charge in [0, 0.05) is 109 Å². The standard InChI is InChI=1S/C32H48O6.C15H25O3.C4H8O2.2C2H6.2CH3.2Y/c1-17-13-32(24-29(7,37-24)25(34)38-32)36-19-14-27(5)21-10-9-20-26(3,4)11-8-12-30(20)16-31(21,30)15-22(35-18(2)33)28(27,6)23(17)19;1-5-13(15(18)7-3)9-12(10-16)8-11(4)14(17)6-2;1-3(2)4(5)6;2*1-2;;;;/h17,19-25,34H,8-16H2,1-7H3;11-13H,5-9H2,1-4H3;3H,1-2H3,(H,5,6);2*1-2H3;2*1H3;;/q;-1;;;;2*-1;;/t17-,19+,20+,21?,22-,23+,24-,25?,27+,28-,29+,30-,31+,32-;;;;;;;;/m1......../s1. The fourth-order valence-electron chi connectivity index (χ4n) is 15.7. The molecule has 13 heteroatoms. The molecule has 8 rings (SSSR count). The van der Waals surface area contributed by atoms with Crippen molar-refractivity contribution in [2.24, 2.45) is 74.4 Å². The van der Waals surface area contributed by atoms with Crippen molar-refractivity contribution in [2.75, 3.05) is 0 Å². The number of epoxide rings is 1. The zero-order chi connectivity index (χ0) is 50.2. The van der Waals surface area contributed by atoms with Crippen molar-refractivity contribution < 1.29 is 119 Å². The summed E-state index contributed by atoms with van der Waals surface area (Å²) < 4.78 is 25.6. The average Bonchev–Trinajstić information content (AvgIpc) is 4.11. The van der Waals surface area contributed by atoms with E-state index in [2.05, 4.69) is 34.6 Å². The predicted molar refractivity (Wildman–Crippen MR) is 270 cm³/mol. The van der Waals surface area contributed by atoms with Crippen molar-refractivity contribution in [1.82, 2.24) is 0 Å². The molecule has 3 aliphatic heterocycles. The van der Waals surface area contributed by atoms with Crippen LogP contribution in [0.25, 0.3) is 0 Å². The third-order valence-corrected chi connectivity index (χ3v) is 18.9. The summed E-state index contributed by atoms with van der Waals surface area (Å²) in [6, 6.07) is 0. The molecule has 8 aliphatic rings. The van der Waals surface area contributed by atoms with Crippen molar-refractivity contribution in [3.8, 4) is 0 Å². The Bertz CT molecular complexity index is 1740. The predicted octanol–water partition coefficient (Wildman–Crippen LogP) is 12.4. The van der Waals surface area contributed by atoms with Gasteiger partial charge in [0.15, 0.2) is 6.29 Å². The van der Waals surface area contributed by atoms with Crippen LogP contribution in [0.15, 0.2) is 0 Å². The van der Waals surface area contributed by atoms with Crippen LogP contribution in [0, 0.1) is 89.3 Å². The number of rotatable bonds is 12. The molecule has 5 unspecified atom stereocenters. The SMILES string of the molecule is CC.CC.CC(=O)O[C@@H]1C[C@@]23C[C@@]24CCCC(C)(C)[C@@H]4CCC3[C@]2(C)C[C@@H]3O[C@]4(C[C@@H](C)[C@@H]3[C@@]12C)OC(O)[C@@]1(C)O[C@@H]41.CC(C)C(=O)O.CCC(=O)C(C)CC([C-]=O)CC(CC)C(=O)CC.[CH3-].[CH3-].[Y].[Y]. The Morgan fingerprint density at radius 2 is 1.34 bits per heavy atom. The average molecular weight is 1140 g/mol. The smallest absolute Gasteiger partial charge is 0.305 e. The molecule has 3 heterocycles. The molecule has 8 fully saturated rings. The third kappa shape index (κ3) is 12.4. The Morgan fingerprint density at radius 1 is 0.786 bits per heavy atom. The van der Waals surface area contributed by atoms with Crippen LogP contribution in [-0.4, -0.2) is 76.0 Å².